The smallest absolute Gasteiger partial charge is 0.309 e. The van der Waals surface area contributed by atoms with Crippen LogP contribution in [0.4, 0.5) is 0 Å². The molecular weight excluding hydrogens is 342 g/mol. The minimum absolute atomic E-state index is 0.171. The van der Waals surface area contributed by atoms with E-state index in [4.69, 9.17) is 20.8 Å². The van der Waals surface area contributed by atoms with Gasteiger partial charge in [0.1, 0.15) is 0 Å². The maximum atomic E-state index is 11.3. The van der Waals surface area contributed by atoms with Crippen LogP contribution >= 0.6 is 34.3 Å². The van der Waals surface area contributed by atoms with Crippen LogP contribution in [0.25, 0.3) is 21.4 Å². The Kier molecular flexibility index (Phi) is 4.08. The molecule has 0 spiro atoms. The largest absolute Gasteiger partial charge is 0.430 e. The van der Waals surface area contributed by atoms with Gasteiger partial charge in [0, 0.05) is 11.8 Å². The number of nitrogens with zero attached hydrogens (tertiary/aromatic N) is 1. The number of aryl methyl sites for hydroxylation is 2. The Hall–Kier alpha value is -1.63. The monoisotopic (exact) mass is 353 g/mol. The summed E-state index contributed by atoms with van der Waals surface area (Å²) < 4.78 is 11.6. The standard InChI is InChI=1S/C15H12ClNO3S2/c1-7-6-11(21-8(7)2)14-17-15(19-9(3)18)13(20-14)10-4-5-12(16)22-10/h4-6H,1-3H3. The highest BCUT2D eigenvalue weighted by molar-refractivity contribution is 7.19. The summed E-state index contributed by atoms with van der Waals surface area (Å²) >= 11 is 8.90. The highest BCUT2D eigenvalue weighted by Crippen LogP contribution is 2.41. The van der Waals surface area contributed by atoms with E-state index in [9.17, 15) is 4.79 Å². The maximum absolute atomic E-state index is 11.3. The minimum atomic E-state index is -0.442. The number of halogens is 1. The molecule has 0 aliphatic rings. The Morgan fingerprint density at radius 1 is 1.27 bits per heavy atom. The van der Waals surface area contributed by atoms with Gasteiger partial charge in [-0.15, -0.1) is 22.7 Å². The van der Waals surface area contributed by atoms with E-state index in [2.05, 4.69) is 4.98 Å². The zero-order valence-corrected chi connectivity index (χ0v) is 14.5. The fourth-order valence-corrected chi connectivity index (χ4v) is 3.86. The van der Waals surface area contributed by atoms with Crippen molar-refractivity contribution in [1.29, 1.82) is 0 Å². The highest BCUT2D eigenvalue weighted by atomic mass is 35.5. The summed E-state index contributed by atoms with van der Waals surface area (Å²) in [4.78, 5) is 18.5. The first-order valence-corrected chi connectivity index (χ1v) is 8.47. The molecular formula is C15H12ClNO3S2. The number of ether oxygens (including phenoxy) is 1. The van der Waals surface area contributed by atoms with E-state index < -0.39 is 5.97 Å². The molecule has 0 aliphatic heterocycles. The Morgan fingerprint density at radius 2 is 2.05 bits per heavy atom. The molecule has 0 N–H and O–H groups in total. The van der Waals surface area contributed by atoms with Gasteiger partial charge in [0.15, 0.2) is 0 Å². The molecule has 22 heavy (non-hydrogen) atoms. The van der Waals surface area contributed by atoms with Crippen LogP contribution in [0.15, 0.2) is 22.6 Å². The van der Waals surface area contributed by atoms with E-state index in [1.807, 2.05) is 26.0 Å². The lowest BCUT2D eigenvalue weighted by Crippen LogP contribution is -2.02. The number of carbonyl (C=O) groups excluding carboxylic acids is 1. The number of aromatic nitrogens is 1. The van der Waals surface area contributed by atoms with E-state index in [1.165, 1.54) is 28.7 Å². The molecule has 0 unspecified atom stereocenters. The van der Waals surface area contributed by atoms with Gasteiger partial charge in [-0.3, -0.25) is 4.79 Å². The molecule has 4 nitrogen and oxygen atoms in total. The molecule has 0 saturated heterocycles. The Labute approximate surface area is 140 Å². The van der Waals surface area contributed by atoms with Crippen LogP contribution in [-0.4, -0.2) is 11.0 Å². The predicted octanol–water partition coefficient (Wildman–Crippen LogP) is 5.33. The van der Waals surface area contributed by atoms with Crippen LogP contribution in [0.5, 0.6) is 5.88 Å². The van der Waals surface area contributed by atoms with E-state index >= 15 is 0 Å². The molecule has 0 saturated carbocycles. The van der Waals surface area contributed by atoms with Crippen LogP contribution < -0.4 is 4.74 Å². The van der Waals surface area contributed by atoms with Gasteiger partial charge in [-0.05, 0) is 37.6 Å². The quantitative estimate of drug-likeness (QED) is 0.597. The second kappa shape index (κ2) is 5.87. The second-order valence-electron chi connectivity index (χ2n) is 4.70. The molecule has 0 amide bonds. The third-order valence-electron chi connectivity index (χ3n) is 3.01. The number of carbonyl (C=O) groups is 1. The summed E-state index contributed by atoms with van der Waals surface area (Å²) in [6, 6.07) is 5.59. The summed E-state index contributed by atoms with van der Waals surface area (Å²) in [5, 5.41) is 0. The number of hydrogen-bond acceptors (Lipinski definition) is 6. The number of hydrogen-bond donors (Lipinski definition) is 0. The zero-order valence-electron chi connectivity index (χ0n) is 12.1. The first-order chi connectivity index (χ1) is 10.4. The summed E-state index contributed by atoms with van der Waals surface area (Å²) in [6.07, 6.45) is 0. The van der Waals surface area contributed by atoms with Crippen LogP contribution in [0.1, 0.15) is 17.4 Å². The van der Waals surface area contributed by atoms with E-state index in [0.717, 1.165) is 9.75 Å². The van der Waals surface area contributed by atoms with Crippen molar-refractivity contribution in [3.05, 3.63) is 33.0 Å². The van der Waals surface area contributed by atoms with Crippen molar-refractivity contribution in [2.75, 3.05) is 0 Å². The Morgan fingerprint density at radius 3 is 2.59 bits per heavy atom. The average Bonchev–Trinajstić information content (AvgIpc) is 3.10. The normalized spacial score (nSPS) is 10.9. The predicted molar refractivity (Wildman–Crippen MR) is 88.9 cm³/mol. The molecule has 0 atom stereocenters. The minimum Gasteiger partial charge on any atom is -0.430 e. The Bertz CT molecular complexity index is 827. The summed E-state index contributed by atoms with van der Waals surface area (Å²) in [5.41, 5.74) is 1.17. The van der Waals surface area contributed by atoms with Crippen molar-refractivity contribution in [3.63, 3.8) is 0 Å². The van der Waals surface area contributed by atoms with Gasteiger partial charge in [0.25, 0.3) is 5.88 Å². The van der Waals surface area contributed by atoms with Gasteiger partial charge in [-0.1, -0.05) is 11.6 Å². The fraction of sp³-hybridized carbons (Fsp3) is 0.200. The third-order valence-corrected chi connectivity index (χ3v) is 5.38. The van der Waals surface area contributed by atoms with E-state index in [1.54, 1.807) is 17.4 Å². The summed E-state index contributed by atoms with van der Waals surface area (Å²) in [6.45, 7) is 5.41. The first kappa shape index (κ1) is 15.3. The second-order valence-corrected chi connectivity index (χ2v) is 7.67. The molecule has 0 fully saturated rings. The lowest BCUT2D eigenvalue weighted by Gasteiger charge is -1.96. The van der Waals surface area contributed by atoms with Gasteiger partial charge >= 0.3 is 5.97 Å². The molecule has 3 aromatic heterocycles. The molecule has 0 bridgehead atoms. The topological polar surface area (TPSA) is 52.3 Å². The molecule has 3 rings (SSSR count). The zero-order chi connectivity index (χ0) is 15.9. The summed E-state index contributed by atoms with van der Waals surface area (Å²) in [5.74, 6) is 0.592. The Balaban J connectivity index is 2.09. The fourth-order valence-electron chi connectivity index (χ4n) is 1.89. The molecule has 3 heterocycles. The van der Waals surface area contributed by atoms with Crippen LogP contribution in [0, 0.1) is 13.8 Å². The molecule has 3 aromatic rings. The van der Waals surface area contributed by atoms with Crippen molar-refractivity contribution in [2.45, 2.75) is 20.8 Å². The SMILES string of the molecule is CC(=O)Oc1nc(-c2cc(C)c(C)s2)oc1-c1ccc(Cl)s1. The van der Waals surface area contributed by atoms with Gasteiger partial charge < -0.3 is 9.15 Å². The van der Waals surface area contributed by atoms with Gasteiger partial charge in [-0.2, -0.15) is 4.98 Å². The number of oxazole rings is 1. The molecule has 0 radical (unpaired) electrons. The molecule has 114 valence electrons. The number of esters is 1. The van der Waals surface area contributed by atoms with E-state index in [-0.39, 0.29) is 5.88 Å². The van der Waals surface area contributed by atoms with Gasteiger partial charge in [-0.25, -0.2) is 0 Å². The van der Waals surface area contributed by atoms with Gasteiger partial charge in [0.05, 0.1) is 14.1 Å². The molecule has 0 aliphatic carbocycles. The van der Waals surface area contributed by atoms with Crippen molar-refractivity contribution < 1.29 is 13.9 Å². The van der Waals surface area contributed by atoms with Crippen LogP contribution in [0.3, 0.4) is 0 Å². The average molecular weight is 354 g/mol. The lowest BCUT2D eigenvalue weighted by atomic mass is 10.3. The van der Waals surface area contributed by atoms with Crippen LogP contribution in [-0.2, 0) is 4.79 Å². The first-order valence-electron chi connectivity index (χ1n) is 6.46. The third kappa shape index (κ3) is 2.95. The van der Waals surface area contributed by atoms with Crippen LogP contribution in [0.2, 0.25) is 4.34 Å². The molecule has 0 aromatic carbocycles. The van der Waals surface area contributed by atoms with Crippen molar-refractivity contribution >= 4 is 40.2 Å². The maximum Gasteiger partial charge on any atom is 0.309 e. The molecule has 7 heteroatoms. The van der Waals surface area contributed by atoms with Crippen molar-refractivity contribution in [1.82, 2.24) is 4.98 Å². The number of rotatable bonds is 3. The van der Waals surface area contributed by atoms with Crippen molar-refractivity contribution in [3.8, 4) is 27.3 Å². The summed E-state index contributed by atoms with van der Waals surface area (Å²) in [7, 11) is 0. The van der Waals surface area contributed by atoms with Gasteiger partial charge in [0.2, 0.25) is 11.7 Å². The van der Waals surface area contributed by atoms with Crippen molar-refractivity contribution in [2.24, 2.45) is 0 Å². The number of thiophene rings is 2. The highest BCUT2D eigenvalue weighted by Gasteiger charge is 2.21. The lowest BCUT2D eigenvalue weighted by molar-refractivity contribution is -0.132. The van der Waals surface area contributed by atoms with E-state index in [0.29, 0.717) is 16.0 Å².